The molecular weight excluding hydrogens is 354 g/mol. The molecule has 2 heterocycles. The average Bonchev–Trinajstić information content (AvgIpc) is 2.73. The Kier molecular flexibility index (Phi) is 3.53. The van der Waals surface area contributed by atoms with Crippen molar-refractivity contribution < 1.29 is 0 Å². The molecule has 0 aliphatic heterocycles. The predicted molar refractivity (Wildman–Crippen MR) is 84.9 cm³/mol. The molecule has 104 valence electrons. The third kappa shape index (κ3) is 2.35. The molecule has 0 unspecified atom stereocenters. The highest BCUT2D eigenvalue weighted by Gasteiger charge is 2.19. The van der Waals surface area contributed by atoms with Crippen molar-refractivity contribution in [1.29, 1.82) is 5.26 Å². The van der Waals surface area contributed by atoms with E-state index >= 15 is 0 Å². The normalized spacial score (nSPS) is 10.7. The van der Waals surface area contributed by atoms with Crippen molar-refractivity contribution in [3.8, 4) is 6.07 Å². The van der Waals surface area contributed by atoms with E-state index in [4.69, 9.17) is 17.3 Å². The molecule has 3 rings (SSSR count). The fraction of sp³-hybridized carbons (Fsp3) is 0.0714. The second kappa shape index (κ2) is 5.35. The molecule has 0 saturated carbocycles. The lowest BCUT2D eigenvalue weighted by Gasteiger charge is -2.07. The van der Waals surface area contributed by atoms with Gasteiger partial charge in [0.25, 0.3) is 0 Å². The van der Waals surface area contributed by atoms with Crippen LogP contribution in [0.5, 0.6) is 0 Å². The van der Waals surface area contributed by atoms with E-state index in [0.717, 1.165) is 5.56 Å². The van der Waals surface area contributed by atoms with Crippen LogP contribution in [-0.4, -0.2) is 14.5 Å². The van der Waals surface area contributed by atoms with Crippen LogP contribution < -0.4 is 5.73 Å². The first-order valence-corrected chi connectivity index (χ1v) is 7.21. The van der Waals surface area contributed by atoms with E-state index in [9.17, 15) is 5.26 Å². The van der Waals surface area contributed by atoms with Crippen LogP contribution in [0.3, 0.4) is 0 Å². The van der Waals surface area contributed by atoms with E-state index in [-0.39, 0.29) is 0 Å². The van der Waals surface area contributed by atoms with Gasteiger partial charge in [-0.3, -0.25) is 0 Å². The van der Waals surface area contributed by atoms with Crippen molar-refractivity contribution in [1.82, 2.24) is 14.5 Å². The van der Waals surface area contributed by atoms with Gasteiger partial charge in [-0.15, -0.1) is 0 Å². The van der Waals surface area contributed by atoms with Crippen LogP contribution in [0.4, 0.5) is 5.82 Å². The van der Waals surface area contributed by atoms with E-state index in [1.807, 2.05) is 28.8 Å². The van der Waals surface area contributed by atoms with Crippen LogP contribution in [0.2, 0.25) is 5.02 Å². The Morgan fingerprint density at radius 2 is 2.19 bits per heavy atom. The number of anilines is 1. The minimum atomic E-state index is 0.294. The van der Waals surface area contributed by atoms with Gasteiger partial charge in [-0.1, -0.05) is 23.7 Å². The SMILES string of the molecule is N#Cc1c(Br)n(Cc2cccc(Cl)c2)c2ncnc(N)c12. The quantitative estimate of drug-likeness (QED) is 0.758. The van der Waals surface area contributed by atoms with Gasteiger partial charge in [0.1, 0.15) is 28.5 Å². The topological polar surface area (TPSA) is 80.5 Å². The van der Waals surface area contributed by atoms with Gasteiger partial charge < -0.3 is 10.3 Å². The highest BCUT2D eigenvalue weighted by atomic mass is 79.9. The number of fused-ring (bicyclic) bond motifs is 1. The van der Waals surface area contributed by atoms with Crippen molar-refractivity contribution in [3.63, 3.8) is 0 Å². The Balaban J connectivity index is 2.22. The van der Waals surface area contributed by atoms with Crippen LogP contribution in [0.15, 0.2) is 35.2 Å². The van der Waals surface area contributed by atoms with Gasteiger partial charge in [0.05, 0.1) is 17.5 Å². The van der Waals surface area contributed by atoms with Crippen molar-refractivity contribution in [2.45, 2.75) is 6.54 Å². The number of halogens is 2. The average molecular weight is 363 g/mol. The first kappa shape index (κ1) is 13.9. The second-order valence-electron chi connectivity index (χ2n) is 4.45. The van der Waals surface area contributed by atoms with Crippen LogP contribution in [0, 0.1) is 11.3 Å². The van der Waals surface area contributed by atoms with E-state index in [2.05, 4.69) is 32.0 Å². The molecule has 1 aromatic carbocycles. The largest absolute Gasteiger partial charge is 0.383 e. The third-order valence-corrected chi connectivity index (χ3v) is 4.21. The van der Waals surface area contributed by atoms with Gasteiger partial charge in [0.2, 0.25) is 0 Å². The molecule has 21 heavy (non-hydrogen) atoms. The first-order chi connectivity index (χ1) is 10.1. The Labute approximate surface area is 134 Å². The summed E-state index contributed by atoms with van der Waals surface area (Å²) >= 11 is 9.46. The molecule has 0 atom stereocenters. The fourth-order valence-corrected chi connectivity index (χ4v) is 3.02. The van der Waals surface area contributed by atoms with Crippen LogP contribution in [0.25, 0.3) is 11.0 Å². The zero-order valence-electron chi connectivity index (χ0n) is 10.7. The number of nitrogens with two attached hydrogens (primary N) is 1. The van der Waals surface area contributed by atoms with Gasteiger partial charge >= 0.3 is 0 Å². The Hall–Kier alpha value is -2.10. The number of nitrogens with zero attached hydrogens (tertiary/aromatic N) is 4. The summed E-state index contributed by atoms with van der Waals surface area (Å²) in [4.78, 5) is 8.20. The lowest BCUT2D eigenvalue weighted by Crippen LogP contribution is -2.02. The van der Waals surface area contributed by atoms with Crippen molar-refractivity contribution in [3.05, 3.63) is 51.3 Å². The summed E-state index contributed by atoms with van der Waals surface area (Å²) in [7, 11) is 0. The summed E-state index contributed by atoms with van der Waals surface area (Å²) in [6.07, 6.45) is 1.39. The monoisotopic (exact) mass is 361 g/mol. The van der Waals surface area contributed by atoms with Crippen LogP contribution in [0.1, 0.15) is 11.1 Å². The van der Waals surface area contributed by atoms with Gasteiger partial charge in [0.15, 0.2) is 0 Å². The van der Waals surface area contributed by atoms with E-state index in [1.54, 1.807) is 0 Å². The number of nitrogen functional groups attached to an aromatic ring is 1. The molecule has 0 aliphatic carbocycles. The zero-order valence-corrected chi connectivity index (χ0v) is 13.1. The maximum absolute atomic E-state index is 9.34. The summed E-state index contributed by atoms with van der Waals surface area (Å²) in [6, 6.07) is 9.67. The van der Waals surface area contributed by atoms with E-state index in [1.165, 1.54) is 6.33 Å². The van der Waals surface area contributed by atoms with Gasteiger partial charge in [-0.25, -0.2) is 9.97 Å². The summed E-state index contributed by atoms with van der Waals surface area (Å²) < 4.78 is 2.50. The van der Waals surface area contributed by atoms with Gasteiger partial charge in [-0.05, 0) is 33.6 Å². The summed E-state index contributed by atoms with van der Waals surface area (Å²) in [5.41, 5.74) is 7.93. The maximum Gasteiger partial charge on any atom is 0.148 e. The molecule has 7 heteroatoms. The Morgan fingerprint density at radius 3 is 2.90 bits per heavy atom. The lowest BCUT2D eigenvalue weighted by molar-refractivity contribution is 0.804. The smallest absolute Gasteiger partial charge is 0.148 e. The van der Waals surface area contributed by atoms with Crippen molar-refractivity contribution in [2.24, 2.45) is 0 Å². The molecule has 0 spiro atoms. The lowest BCUT2D eigenvalue weighted by atomic mass is 10.2. The van der Waals surface area contributed by atoms with E-state index < -0.39 is 0 Å². The fourth-order valence-electron chi connectivity index (χ4n) is 2.23. The number of aromatic nitrogens is 3. The summed E-state index contributed by atoms with van der Waals surface area (Å²) in [5, 5.41) is 10.6. The number of benzene rings is 1. The zero-order chi connectivity index (χ0) is 15.0. The summed E-state index contributed by atoms with van der Waals surface area (Å²) in [6.45, 7) is 0.524. The number of hydrogen-bond donors (Lipinski definition) is 1. The van der Waals surface area contributed by atoms with Gasteiger partial charge in [0, 0.05) is 5.02 Å². The molecule has 5 nitrogen and oxygen atoms in total. The van der Waals surface area contributed by atoms with Crippen molar-refractivity contribution >= 4 is 44.4 Å². The maximum atomic E-state index is 9.34. The number of rotatable bonds is 2. The molecule has 2 N–H and O–H groups in total. The highest BCUT2D eigenvalue weighted by Crippen LogP contribution is 2.32. The first-order valence-electron chi connectivity index (χ1n) is 6.04. The highest BCUT2D eigenvalue weighted by molar-refractivity contribution is 9.10. The third-order valence-electron chi connectivity index (χ3n) is 3.15. The molecule has 0 aliphatic rings. The Bertz CT molecular complexity index is 881. The van der Waals surface area contributed by atoms with E-state index in [0.29, 0.717) is 38.6 Å². The van der Waals surface area contributed by atoms with Crippen LogP contribution >= 0.6 is 27.5 Å². The molecule has 0 amide bonds. The minimum absolute atomic E-state index is 0.294. The summed E-state index contributed by atoms with van der Waals surface area (Å²) in [5.74, 6) is 0.294. The molecule has 2 aromatic heterocycles. The molecule has 0 radical (unpaired) electrons. The molecule has 0 bridgehead atoms. The second-order valence-corrected chi connectivity index (χ2v) is 5.64. The van der Waals surface area contributed by atoms with Crippen molar-refractivity contribution in [2.75, 3.05) is 5.73 Å². The molecular formula is C14H9BrClN5. The predicted octanol–water partition coefficient (Wildman–Crippen LogP) is 3.35. The molecule has 0 saturated heterocycles. The molecule has 3 aromatic rings. The number of hydrogen-bond acceptors (Lipinski definition) is 4. The number of nitriles is 1. The van der Waals surface area contributed by atoms with Gasteiger partial charge in [-0.2, -0.15) is 5.26 Å². The standard InChI is InChI=1S/C14H9BrClN5/c15-12-10(5-17)11-13(18)19-7-20-14(11)21(12)6-8-2-1-3-9(16)4-8/h1-4,7H,6H2,(H2,18,19,20). The molecule has 0 fully saturated rings. The Morgan fingerprint density at radius 1 is 1.38 bits per heavy atom. The minimum Gasteiger partial charge on any atom is -0.383 e. The van der Waals surface area contributed by atoms with Crippen LogP contribution in [-0.2, 0) is 6.54 Å².